The molecule has 1 aliphatic heterocycles. The van der Waals surface area contributed by atoms with E-state index in [2.05, 4.69) is 20.9 Å². The molecule has 1 aromatic heterocycles. The molecule has 0 saturated heterocycles. The SMILES string of the molecule is CNC(=O)COc1ccc2c(c1)C(Nc1ccc(F)c(F)c1)=NC(c1cccnc1)N2. The summed E-state index contributed by atoms with van der Waals surface area (Å²) in [6, 6.07) is 12.5. The maximum atomic E-state index is 13.7. The van der Waals surface area contributed by atoms with Crippen molar-refractivity contribution in [2.45, 2.75) is 6.17 Å². The number of nitrogens with one attached hydrogen (secondary N) is 3. The number of benzene rings is 2. The van der Waals surface area contributed by atoms with Gasteiger partial charge >= 0.3 is 0 Å². The second kappa shape index (κ2) is 8.78. The summed E-state index contributed by atoms with van der Waals surface area (Å²) in [6.07, 6.45) is 2.93. The molecule has 1 atom stereocenters. The van der Waals surface area contributed by atoms with Crippen molar-refractivity contribution in [2.75, 3.05) is 24.3 Å². The molecule has 31 heavy (non-hydrogen) atoms. The predicted octanol–water partition coefficient (Wildman–Crippen LogP) is 3.47. The van der Waals surface area contributed by atoms with Gasteiger partial charge in [0.05, 0.1) is 0 Å². The number of aromatic nitrogens is 1. The number of amides is 1. The minimum atomic E-state index is -0.966. The van der Waals surface area contributed by atoms with Gasteiger partial charge in [0, 0.05) is 48.0 Å². The van der Waals surface area contributed by atoms with Gasteiger partial charge in [0.15, 0.2) is 18.2 Å². The third-order valence-corrected chi connectivity index (χ3v) is 4.63. The maximum Gasteiger partial charge on any atom is 0.257 e. The monoisotopic (exact) mass is 423 g/mol. The van der Waals surface area contributed by atoms with E-state index in [0.717, 1.165) is 23.4 Å². The van der Waals surface area contributed by atoms with E-state index in [4.69, 9.17) is 9.73 Å². The topological polar surface area (TPSA) is 87.6 Å². The quantitative estimate of drug-likeness (QED) is 0.585. The first-order chi connectivity index (χ1) is 15.0. The van der Waals surface area contributed by atoms with Crippen LogP contribution in [0.15, 0.2) is 65.9 Å². The van der Waals surface area contributed by atoms with E-state index in [0.29, 0.717) is 22.8 Å². The van der Waals surface area contributed by atoms with Crippen LogP contribution in [0.5, 0.6) is 5.75 Å². The van der Waals surface area contributed by atoms with E-state index in [9.17, 15) is 13.6 Å². The highest BCUT2D eigenvalue weighted by Crippen LogP contribution is 2.32. The first kappa shape index (κ1) is 20.3. The number of fused-ring (bicyclic) bond motifs is 1. The molecule has 1 amide bonds. The van der Waals surface area contributed by atoms with Crippen molar-refractivity contribution in [3.05, 3.63) is 83.7 Å². The molecule has 0 aliphatic carbocycles. The molecular formula is C22H19F2N5O2. The number of pyridine rings is 1. The van der Waals surface area contributed by atoms with Crippen molar-refractivity contribution in [1.82, 2.24) is 10.3 Å². The zero-order valence-electron chi connectivity index (χ0n) is 16.5. The molecule has 158 valence electrons. The Labute approximate surface area is 177 Å². The van der Waals surface area contributed by atoms with Gasteiger partial charge in [0.1, 0.15) is 17.8 Å². The highest BCUT2D eigenvalue weighted by Gasteiger charge is 2.23. The summed E-state index contributed by atoms with van der Waals surface area (Å²) in [4.78, 5) is 20.3. The summed E-state index contributed by atoms with van der Waals surface area (Å²) in [5, 5.41) is 8.86. The molecule has 0 radical (unpaired) electrons. The lowest BCUT2D eigenvalue weighted by Gasteiger charge is -2.26. The molecule has 3 aromatic rings. The van der Waals surface area contributed by atoms with E-state index in [-0.39, 0.29) is 12.5 Å². The standard InChI is InChI=1S/C22H19F2N5O2/c1-25-20(30)12-31-15-5-7-19-16(10-15)22(27-14-4-6-17(23)18(24)9-14)29-21(28-19)13-3-2-8-26-11-13/h2-11,21,28H,12H2,1H3,(H,25,30)(H,27,29). The van der Waals surface area contributed by atoms with Gasteiger partial charge in [0.2, 0.25) is 0 Å². The van der Waals surface area contributed by atoms with E-state index in [1.54, 1.807) is 36.7 Å². The molecule has 0 spiro atoms. The lowest BCUT2D eigenvalue weighted by molar-refractivity contribution is -0.122. The van der Waals surface area contributed by atoms with Crippen LogP contribution >= 0.6 is 0 Å². The number of halogens is 2. The van der Waals surface area contributed by atoms with Crippen LogP contribution in [-0.2, 0) is 4.79 Å². The summed E-state index contributed by atoms with van der Waals surface area (Å²) < 4.78 is 32.6. The van der Waals surface area contributed by atoms with Crippen LogP contribution in [-0.4, -0.2) is 30.4 Å². The molecule has 4 rings (SSSR count). The van der Waals surface area contributed by atoms with Crippen molar-refractivity contribution in [3.8, 4) is 5.75 Å². The minimum absolute atomic E-state index is 0.135. The molecule has 2 aromatic carbocycles. The van der Waals surface area contributed by atoms with Crippen LogP contribution in [0.3, 0.4) is 0 Å². The number of hydrogen-bond acceptors (Lipinski definition) is 6. The predicted molar refractivity (Wildman–Crippen MR) is 113 cm³/mol. The number of carbonyl (C=O) groups excluding carboxylic acids is 1. The van der Waals surface area contributed by atoms with E-state index >= 15 is 0 Å². The van der Waals surface area contributed by atoms with Crippen molar-refractivity contribution >= 4 is 23.1 Å². The Kier molecular flexibility index (Phi) is 5.74. The lowest BCUT2D eigenvalue weighted by atomic mass is 10.1. The minimum Gasteiger partial charge on any atom is -0.484 e. The van der Waals surface area contributed by atoms with Crippen LogP contribution in [0.4, 0.5) is 20.2 Å². The zero-order chi connectivity index (χ0) is 21.8. The van der Waals surface area contributed by atoms with Crippen molar-refractivity contribution in [1.29, 1.82) is 0 Å². The third-order valence-electron chi connectivity index (χ3n) is 4.63. The summed E-state index contributed by atoms with van der Waals surface area (Å²) in [5.41, 5.74) is 2.57. The largest absolute Gasteiger partial charge is 0.484 e. The summed E-state index contributed by atoms with van der Waals surface area (Å²) in [5.74, 6) is -1.27. The van der Waals surface area contributed by atoms with Crippen molar-refractivity contribution in [2.24, 2.45) is 4.99 Å². The Morgan fingerprint density at radius 1 is 1.16 bits per heavy atom. The van der Waals surface area contributed by atoms with Gasteiger partial charge in [-0.25, -0.2) is 13.8 Å². The average Bonchev–Trinajstić information content (AvgIpc) is 2.80. The Bertz CT molecular complexity index is 1140. The van der Waals surface area contributed by atoms with Crippen LogP contribution in [0.25, 0.3) is 0 Å². The Morgan fingerprint density at radius 3 is 2.77 bits per heavy atom. The molecule has 9 heteroatoms. The maximum absolute atomic E-state index is 13.7. The average molecular weight is 423 g/mol. The highest BCUT2D eigenvalue weighted by molar-refractivity contribution is 6.13. The van der Waals surface area contributed by atoms with Crippen LogP contribution in [0, 0.1) is 11.6 Å². The highest BCUT2D eigenvalue weighted by atomic mass is 19.2. The fourth-order valence-electron chi connectivity index (χ4n) is 3.04. The van der Waals surface area contributed by atoms with E-state index < -0.39 is 17.8 Å². The molecule has 1 aliphatic rings. The second-order valence-corrected chi connectivity index (χ2v) is 6.73. The number of amidine groups is 1. The fraction of sp³-hybridized carbons (Fsp3) is 0.136. The Balaban J connectivity index is 1.69. The molecule has 0 fully saturated rings. The molecule has 0 bridgehead atoms. The van der Waals surface area contributed by atoms with Gasteiger partial charge in [-0.2, -0.15) is 0 Å². The summed E-state index contributed by atoms with van der Waals surface area (Å²) in [6.45, 7) is -0.135. The third kappa shape index (κ3) is 4.61. The molecular weight excluding hydrogens is 404 g/mol. The van der Waals surface area contributed by atoms with Crippen molar-refractivity contribution < 1.29 is 18.3 Å². The van der Waals surface area contributed by atoms with Crippen LogP contribution < -0.4 is 20.7 Å². The number of nitrogens with zero attached hydrogens (tertiary/aromatic N) is 2. The number of anilines is 2. The number of aliphatic imine (C=N–C) groups is 1. The Morgan fingerprint density at radius 2 is 2.03 bits per heavy atom. The smallest absolute Gasteiger partial charge is 0.257 e. The molecule has 3 N–H and O–H groups in total. The van der Waals surface area contributed by atoms with Gasteiger partial charge in [-0.05, 0) is 36.4 Å². The Hall–Kier alpha value is -4.01. The first-order valence-corrected chi connectivity index (χ1v) is 9.47. The van der Waals surface area contributed by atoms with Gasteiger partial charge in [-0.1, -0.05) is 6.07 Å². The van der Waals surface area contributed by atoms with Gasteiger partial charge in [-0.3, -0.25) is 9.78 Å². The number of rotatable bonds is 5. The molecule has 7 nitrogen and oxygen atoms in total. The number of likely N-dealkylation sites (N-methyl/N-ethyl adjacent to an activating group) is 1. The first-order valence-electron chi connectivity index (χ1n) is 9.47. The number of ether oxygens (including phenoxy) is 1. The number of carbonyl (C=O) groups is 1. The number of hydrogen-bond donors (Lipinski definition) is 3. The van der Waals surface area contributed by atoms with Crippen LogP contribution in [0.2, 0.25) is 0 Å². The van der Waals surface area contributed by atoms with Crippen LogP contribution in [0.1, 0.15) is 17.3 Å². The normalized spacial score (nSPS) is 14.7. The van der Waals surface area contributed by atoms with E-state index in [1.807, 2.05) is 6.07 Å². The van der Waals surface area contributed by atoms with Gasteiger partial charge in [-0.15, -0.1) is 0 Å². The summed E-state index contributed by atoms with van der Waals surface area (Å²) in [7, 11) is 1.53. The fourth-order valence-corrected chi connectivity index (χ4v) is 3.04. The van der Waals surface area contributed by atoms with Gasteiger partial charge in [0.25, 0.3) is 5.91 Å². The van der Waals surface area contributed by atoms with Gasteiger partial charge < -0.3 is 20.7 Å². The molecule has 1 unspecified atom stereocenters. The molecule has 2 heterocycles. The van der Waals surface area contributed by atoms with Crippen molar-refractivity contribution in [3.63, 3.8) is 0 Å². The van der Waals surface area contributed by atoms with E-state index in [1.165, 1.54) is 13.1 Å². The second-order valence-electron chi connectivity index (χ2n) is 6.73. The zero-order valence-corrected chi connectivity index (χ0v) is 16.5. The lowest BCUT2D eigenvalue weighted by Crippen LogP contribution is -2.26. The molecule has 0 saturated carbocycles. The summed E-state index contributed by atoms with van der Waals surface area (Å²) >= 11 is 0.